The number of benzene rings is 4. The van der Waals surface area contributed by atoms with Crippen LogP contribution in [0.2, 0.25) is 0 Å². The van der Waals surface area contributed by atoms with Gasteiger partial charge in [-0.15, -0.1) is 0 Å². The molecule has 1 unspecified atom stereocenters. The minimum atomic E-state index is -0.813. The van der Waals surface area contributed by atoms with Gasteiger partial charge in [-0.2, -0.15) is 0 Å². The van der Waals surface area contributed by atoms with E-state index < -0.39 is 12.1 Å². The topological polar surface area (TPSA) is 79.9 Å². The summed E-state index contributed by atoms with van der Waals surface area (Å²) in [6.07, 6.45) is -0.284. The van der Waals surface area contributed by atoms with Crippen molar-refractivity contribution < 1.29 is 19.1 Å². The molecule has 1 aliphatic heterocycles. The molecular formula is C34H33N3O4. The second-order valence-electron chi connectivity index (χ2n) is 10.3. The van der Waals surface area contributed by atoms with Crippen LogP contribution < -0.4 is 15.5 Å². The summed E-state index contributed by atoms with van der Waals surface area (Å²) in [5.41, 5.74) is 7.30. The van der Waals surface area contributed by atoms with Crippen LogP contribution in [-0.2, 0) is 20.7 Å². The molecule has 208 valence electrons. The van der Waals surface area contributed by atoms with Crippen LogP contribution in [0.25, 0.3) is 11.1 Å². The Hall–Kier alpha value is -4.62. The van der Waals surface area contributed by atoms with E-state index in [0.717, 1.165) is 46.6 Å². The van der Waals surface area contributed by atoms with Crippen LogP contribution >= 0.6 is 0 Å². The fourth-order valence-electron chi connectivity index (χ4n) is 5.65. The number of hydrogen-bond donors (Lipinski definition) is 2. The highest BCUT2D eigenvalue weighted by Crippen LogP contribution is 2.44. The van der Waals surface area contributed by atoms with Gasteiger partial charge in [-0.25, -0.2) is 4.79 Å². The maximum atomic E-state index is 13.4. The minimum Gasteiger partial charge on any atom is -0.449 e. The first-order valence-electron chi connectivity index (χ1n) is 14.0. The molecule has 2 amide bonds. The van der Waals surface area contributed by atoms with Crippen LogP contribution in [0, 0.1) is 0 Å². The maximum absolute atomic E-state index is 13.4. The van der Waals surface area contributed by atoms with Gasteiger partial charge in [-0.05, 0) is 52.1 Å². The monoisotopic (exact) mass is 547 g/mol. The number of fused-ring (bicyclic) bond motifs is 3. The van der Waals surface area contributed by atoms with E-state index in [4.69, 9.17) is 9.47 Å². The number of hydrogen-bond acceptors (Lipinski definition) is 5. The molecule has 7 nitrogen and oxygen atoms in total. The highest BCUT2D eigenvalue weighted by molar-refractivity contribution is 5.97. The molecule has 0 radical (unpaired) electrons. The molecule has 4 aromatic carbocycles. The van der Waals surface area contributed by atoms with Gasteiger partial charge in [0.1, 0.15) is 12.6 Å². The number of nitrogens with one attached hydrogen (secondary N) is 2. The van der Waals surface area contributed by atoms with E-state index in [1.54, 1.807) is 0 Å². The Morgan fingerprint density at radius 3 is 2.07 bits per heavy atom. The molecule has 0 spiro atoms. The van der Waals surface area contributed by atoms with Crippen LogP contribution in [0.3, 0.4) is 0 Å². The van der Waals surface area contributed by atoms with Crippen molar-refractivity contribution in [3.63, 3.8) is 0 Å². The molecule has 4 aromatic rings. The highest BCUT2D eigenvalue weighted by Gasteiger charge is 2.30. The van der Waals surface area contributed by atoms with Gasteiger partial charge in [0.25, 0.3) is 0 Å². The van der Waals surface area contributed by atoms with Gasteiger partial charge in [-0.1, -0.05) is 78.9 Å². The SMILES string of the molecule is O=C(NC(Cc1ccccc1)C(=O)Nc1ccc(N2CCOCC2)cc1)OCC1c2ccccc2-c2ccccc21. The van der Waals surface area contributed by atoms with Gasteiger partial charge in [0.05, 0.1) is 13.2 Å². The summed E-state index contributed by atoms with van der Waals surface area (Å²) in [5.74, 6) is -0.360. The van der Waals surface area contributed by atoms with E-state index in [9.17, 15) is 9.59 Å². The minimum absolute atomic E-state index is 0.0560. The molecule has 2 aliphatic rings. The summed E-state index contributed by atoms with van der Waals surface area (Å²) < 4.78 is 11.2. The summed E-state index contributed by atoms with van der Waals surface area (Å²) in [4.78, 5) is 28.7. The van der Waals surface area contributed by atoms with Gasteiger partial charge >= 0.3 is 6.09 Å². The number of alkyl carbamates (subject to hydrolysis) is 1. The van der Waals surface area contributed by atoms with E-state index in [2.05, 4.69) is 39.8 Å². The van der Waals surface area contributed by atoms with Crippen LogP contribution in [0.5, 0.6) is 0 Å². The number of carbonyl (C=O) groups excluding carboxylic acids is 2. The van der Waals surface area contributed by atoms with Crippen molar-refractivity contribution in [1.29, 1.82) is 0 Å². The third-order valence-corrected chi connectivity index (χ3v) is 7.75. The van der Waals surface area contributed by atoms with E-state index in [-0.39, 0.29) is 18.4 Å². The molecule has 1 saturated heterocycles. The first-order chi connectivity index (χ1) is 20.2. The first-order valence-corrected chi connectivity index (χ1v) is 14.0. The number of rotatable bonds is 8. The van der Waals surface area contributed by atoms with Gasteiger partial charge in [-0.3, -0.25) is 4.79 Å². The average molecular weight is 548 g/mol. The summed E-state index contributed by atoms with van der Waals surface area (Å²) in [5, 5.41) is 5.79. The fraction of sp³-hybridized carbons (Fsp3) is 0.235. The number of carbonyl (C=O) groups is 2. The lowest BCUT2D eigenvalue weighted by Gasteiger charge is -2.29. The molecule has 1 fully saturated rings. The molecule has 0 aromatic heterocycles. The average Bonchev–Trinajstić information content (AvgIpc) is 3.34. The fourth-order valence-corrected chi connectivity index (χ4v) is 5.65. The zero-order valence-corrected chi connectivity index (χ0v) is 22.8. The van der Waals surface area contributed by atoms with E-state index in [1.807, 2.05) is 78.9 Å². The molecule has 1 aliphatic carbocycles. The molecule has 0 bridgehead atoms. The van der Waals surface area contributed by atoms with Crippen LogP contribution in [0.1, 0.15) is 22.6 Å². The quantitative estimate of drug-likeness (QED) is 0.300. The zero-order chi connectivity index (χ0) is 28.0. The largest absolute Gasteiger partial charge is 0.449 e. The number of morpholine rings is 1. The zero-order valence-electron chi connectivity index (χ0n) is 22.8. The lowest BCUT2D eigenvalue weighted by Crippen LogP contribution is -2.45. The van der Waals surface area contributed by atoms with Crippen molar-refractivity contribution in [2.75, 3.05) is 43.1 Å². The second kappa shape index (κ2) is 12.3. The molecule has 7 heteroatoms. The van der Waals surface area contributed by atoms with Crippen molar-refractivity contribution in [3.05, 3.63) is 120 Å². The first kappa shape index (κ1) is 26.6. The maximum Gasteiger partial charge on any atom is 0.407 e. The van der Waals surface area contributed by atoms with Crippen LogP contribution in [0.15, 0.2) is 103 Å². The van der Waals surface area contributed by atoms with Crippen LogP contribution in [0.4, 0.5) is 16.2 Å². The molecule has 0 saturated carbocycles. The van der Waals surface area contributed by atoms with Gasteiger partial charge in [0.15, 0.2) is 0 Å². The van der Waals surface area contributed by atoms with E-state index in [1.165, 1.54) is 0 Å². The van der Waals surface area contributed by atoms with Gasteiger partial charge < -0.3 is 25.0 Å². The highest BCUT2D eigenvalue weighted by atomic mass is 16.5. The number of amides is 2. The summed E-state index contributed by atoms with van der Waals surface area (Å²) in [6, 6.07) is 33.0. The van der Waals surface area contributed by atoms with Gasteiger partial charge in [0, 0.05) is 36.8 Å². The van der Waals surface area contributed by atoms with E-state index in [0.29, 0.717) is 25.3 Å². The van der Waals surface area contributed by atoms with Crippen molar-refractivity contribution >= 4 is 23.4 Å². The number of anilines is 2. The third kappa shape index (κ3) is 6.10. The predicted molar refractivity (Wildman–Crippen MR) is 160 cm³/mol. The molecule has 6 rings (SSSR count). The van der Waals surface area contributed by atoms with Crippen molar-refractivity contribution in [2.24, 2.45) is 0 Å². The Labute approximate surface area is 240 Å². The van der Waals surface area contributed by atoms with E-state index >= 15 is 0 Å². The van der Waals surface area contributed by atoms with Gasteiger partial charge in [0.2, 0.25) is 5.91 Å². The molecule has 41 heavy (non-hydrogen) atoms. The Bertz CT molecular complexity index is 1450. The normalized spacial score (nSPS) is 15.0. The second-order valence-corrected chi connectivity index (χ2v) is 10.3. The summed E-state index contributed by atoms with van der Waals surface area (Å²) >= 11 is 0. The van der Waals surface area contributed by atoms with Crippen molar-refractivity contribution in [3.8, 4) is 11.1 Å². The Morgan fingerprint density at radius 2 is 1.41 bits per heavy atom. The molecular weight excluding hydrogens is 514 g/mol. The molecule has 1 atom stereocenters. The summed E-state index contributed by atoms with van der Waals surface area (Å²) in [7, 11) is 0. The smallest absolute Gasteiger partial charge is 0.407 e. The third-order valence-electron chi connectivity index (χ3n) is 7.75. The lowest BCUT2D eigenvalue weighted by atomic mass is 9.98. The molecule has 2 N–H and O–H groups in total. The summed E-state index contributed by atoms with van der Waals surface area (Å²) in [6.45, 7) is 3.29. The lowest BCUT2D eigenvalue weighted by molar-refractivity contribution is -0.118. The number of nitrogens with zero attached hydrogens (tertiary/aromatic N) is 1. The molecule has 1 heterocycles. The van der Waals surface area contributed by atoms with Crippen molar-refractivity contribution in [1.82, 2.24) is 5.32 Å². The van der Waals surface area contributed by atoms with Crippen molar-refractivity contribution in [2.45, 2.75) is 18.4 Å². The number of ether oxygens (including phenoxy) is 2. The standard InChI is InChI=1S/C34H33N3O4/c38-33(35-25-14-16-26(17-15-25)37-18-20-40-21-19-37)32(22-24-8-2-1-3-9-24)36-34(39)41-23-31-29-12-6-4-10-27(29)28-11-5-7-13-30(28)31/h1-17,31-32H,18-23H2,(H,35,38)(H,36,39). The van der Waals surface area contributed by atoms with Crippen LogP contribution in [-0.4, -0.2) is 51.0 Å². The Morgan fingerprint density at radius 1 is 0.805 bits per heavy atom. The Kier molecular flexibility index (Phi) is 7.96. The Balaban J connectivity index is 1.13. The predicted octanol–water partition coefficient (Wildman–Crippen LogP) is 5.61.